The van der Waals surface area contributed by atoms with Crippen LogP contribution >= 0.6 is 15.9 Å². The van der Waals surface area contributed by atoms with Crippen LogP contribution in [0.4, 0.5) is 0 Å². The fourth-order valence-electron chi connectivity index (χ4n) is 1.78. The number of para-hydroxylation sites is 1. The molecule has 0 aliphatic carbocycles. The number of amides is 1. The van der Waals surface area contributed by atoms with Crippen molar-refractivity contribution in [1.82, 2.24) is 15.5 Å². The van der Waals surface area contributed by atoms with Gasteiger partial charge in [0.1, 0.15) is 5.75 Å². The van der Waals surface area contributed by atoms with E-state index in [0.29, 0.717) is 12.3 Å². The normalized spacial score (nSPS) is 10.3. The molecule has 2 N–H and O–H groups in total. The quantitative estimate of drug-likeness (QED) is 0.880. The van der Waals surface area contributed by atoms with E-state index in [2.05, 4.69) is 31.4 Å². The third-order valence-corrected chi connectivity index (χ3v) is 3.59. The van der Waals surface area contributed by atoms with Crippen molar-refractivity contribution in [2.24, 2.45) is 0 Å². The van der Waals surface area contributed by atoms with Gasteiger partial charge in [0.2, 0.25) is 0 Å². The molecular weight excluding hydrogens is 322 g/mol. The molecule has 1 aromatic carbocycles. The zero-order chi connectivity index (χ0) is 14.5. The van der Waals surface area contributed by atoms with Gasteiger partial charge in [0.25, 0.3) is 5.91 Å². The number of H-pyrrole nitrogens is 1. The van der Waals surface area contributed by atoms with Crippen molar-refractivity contribution in [3.63, 3.8) is 0 Å². The second kappa shape index (κ2) is 6.56. The maximum absolute atomic E-state index is 11.8. The van der Waals surface area contributed by atoms with Crippen LogP contribution in [-0.2, 0) is 11.3 Å². The van der Waals surface area contributed by atoms with E-state index in [1.54, 1.807) is 0 Å². The summed E-state index contributed by atoms with van der Waals surface area (Å²) in [6.45, 7) is 4.27. The summed E-state index contributed by atoms with van der Waals surface area (Å²) in [7, 11) is 0. The molecule has 6 heteroatoms. The minimum Gasteiger partial charge on any atom is -0.483 e. The summed E-state index contributed by atoms with van der Waals surface area (Å²) in [4.78, 5) is 11.8. The first kappa shape index (κ1) is 14.6. The molecule has 0 bridgehead atoms. The summed E-state index contributed by atoms with van der Waals surface area (Å²) in [6.07, 6.45) is 0. The number of carbonyl (C=O) groups excluding carboxylic acids is 1. The average Bonchev–Trinajstić information content (AvgIpc) is 2.75. The average molecular weight is 338 g/mol. The Balaban J connectivity index is 1.83. The number of aromatic amines is 1. The van der Waals surface area contributed by atoms with E-state index in [-0.39, 0.29) is 12.5 Å². The molecule has 1 amide bonds. The van der Waals surface area contributed by atoms with Gasteiger partial charge in [-0.15, -0.1) is 0 Å². The molecule has 2 aromatic rings. The molecule has 0 unspecified atom stereocenters. The van der Waals surface area contributed by atoms with Crippen LogP contribution in [0.2, 0.25) is 0 Å². The van der Waals surface area contributed by atoms with Crippen molar-refractivity contribution < 1.29 is 9.53 Å². The van der Waals surface area contributed by atoms with Gasteiger partial charge in [-0.25, -0.2) is 0 Å². The lowest BCUT2D eigenvalue weighted by Gasteiger charge is -2.08. The molecule has 0 fully saturated rings. The highest BCUT2D eigenvalue weighted by Gasteiger charge is 2.09. The van der Waals surface area contributed by atoms with E-state index in [9.17, 15) is 4.79 Å². The molecule has 0 saturated heterocycles. The van der Waals surface area contributed by atoms with Crippen LogP contribution < -0.4 is 10.1 Å². The Labute approximate surface area is 125 Å². The second-order valence-corrected chi connectivity index (χ2v) is 5.26. The lowest BCUT2D eigenvalue weighted by molar-refractivity contribution is -0.123. The molecular formula is C14H16BrN3O2. The lowest BCUT2D eigenvalue weighted by atomic mass is 10.2. The highest BCUT2D eigenvalue weighted by atomic mass is 79.9. The zero-order valence-corrected chi connectivity index (χ0v) is 13.0. The van der Waals surface area contributed by atoms with Gasteiger partial charge in [-0.05, 0) is 41.9 Å². The van der Waals surface area contributed by atoms with Gasteiger partial charge in [-0.2, -0.15) is 5.10 Å². The molecule has 5 nitrogen and oxygen atoms in total. The molecule has 0 radical (unpaired) electrons. The molecule has 1 aromatic heterocycles. The van der Waals surface area contributed by atoms with Crippen LogP contribution in [0.5, 0.6) is 5.75 Å². The van der Waals surface area contributed by atoms with E-state index < -0.39 is 0 Å². The number of aromatic nitrogens is 2. The maximum atomic E-state index is 11.8. The van der Waals surface area contributed by atoms with Crippen molar-refractivity contribution in [2.45, 2.75) is 20.4 Å². The topological polar surface area (TPSA) is 67.0 Å². The van der Waals surface area contributed by atoms with Gasteiger partial charge in [-0.1, -0.05) is 12.1 Å². The largest absolute Gasteiger partial charge is 0.483 e. The fraction of sp³-hybridized carbons (Fsp3) is 0.286. The maximum Gasteiger partial charge on any atom is 0.258 e. The highest BCUT2D eigenvalue weighted by Crippen LogP contribution is 2.23. The van der Waals surface area contributed by atoms with E-state index in [1.807, 2.05) is 38.1 Å². The first-order chi connectivity index (χ1) is 9.58. The molecule has 0 aliphatic heterocycles. The number of aryl methyl sites for hydroxylation is 2. The third-order valence-electron chi connectivity index (χ3n) is 2.94. The molecule has 1 heterocycles. The Morgan fingerprint density at radius 1 is 1.40 bits per heavy atom. The number of nitrogens with zero attached hydrogens (tertiary/aromatic N) is 1. The van der Waals surface area contributed by atoms with E-state index in [4.69, 9.17) is 4.74 Å². The Morgan fingerprint density at radius 2 is 2.15 bits per heavy atom. The van der Waals surface area contributed by atoms with Crippen LogP contribution in [0.25, 0.3) is 0 Å². The number of benzene rings is 1. The summed E-state index contributed by atoms with van der Waals surface area (Å²) in [5.74, 6) is 0.485. The summed E-state index contributed by atoms with van der Waals surface area (Å²) in [5.41, 5.74) is 2.88. The first-order valence-electron chi connectivity index (χ1n) is 6.22. The van der Waals surface area contributed by atoms with E-state index in [1.165, 1.54) is 0 Å². The summed E-state index contributed by atoms with van der Waals surface area (Å²) < 4.78 is 6.27. The minimum absolute atomic E-state index is 0.0153. The number of rotatable bonds is 5. The number of nitrogens with one attached hydrogen (secondary N) is 2. The Bertz CT molecular complexity index is 591. The standard InChI is InChI=1S/C14H16BrN3O2/c1-9-11(10(2)18-17-9)7-16-14(19)8-20-13-6-4-3-5-12(13)15/h3-6H,7-8H2,1-2H3,(H,16,19)(H,17,18). The van der Waals surface area contributed by atoms with Crippen molar-refractivity contribution in [2.75, 3.05) is 6.61 Å². The third kappa shape index (κ3) is 3.60. The van der Waals surface area contributed by atoms with Gasteiger partial charge >= 0.3 is 0 Å². The monoisotopic (exact) mass is 337 g/mol. The van der Waals surface area contributed by atoms with Crippen molar-refractivity contribution >= 4 is 21.8 Å². The molecule has 106 valence electrons. The van der Waals surface area contributed by atoms with Crippen molar-refractivity contribution in [3.8, 4) is 5.75 Å². The highest BCUT2D eigenvalue weighted by molar-refractivity contribution is 9.10. The second-order valence-electron chi connectivity index (χ2n) is 4.41. The van der Waals surface area contributed by atoms with Gasteiger partial charge in [0.05, 0.1) is 10.2 Å². The SMILES string of the molecule is Cc1n[nH]c(C)c1CNC(=O)COc1ccccc1Br. The van der Waals surface area contributed by atoms with Crippen LogP contribution in [0, 0.1) is 13.8 Å². The molecule has 2 rings (SSSR count). The smallest absolute Gasteiger partial charge is 0.258 e. The fourth-order valence-corrected chi connectivity index (χ4v) is 2.18. The van der Waals surface area contributed by atoms with Gasteiger partial charge in [-0.3, -0.25) is 9.89 Å². The first-order valence-corrected chi connectivity index (χ1v) is 7.01. The van der Waals surface area contributed by atoms with Crippen molar-refractivity contribution in [3.05, 3.63) is 45.7 Å². The molecule has 0 aliphatic rings. The van der Waals surface area contributed by atoms with Crippen molar-refractivity contribution in [1.29, 1.82) is 0 Å². The van der Waals surface area contributed by atoms with Gasteiger partial charge in [0.15, 0.2) is 6.61 Å². The van der Waals surface area contributed by atoms with Crippen LogP contribution in [0.15, 0.2) is 28.7 Å². The van der Waals surface area contributed by atoms with E-state index in [0.717, 1.165) is 21.4 Å². The van der Waals surface area contributed by atoms with Crippen LogP contribution in [-0.4, -0.2) is 22.7 Å². The predicted molar refractivity (Wildman–Crippen MR) is 79.5 cm³/mol. The number of hydrogen-bond donors (Lipinski definition) is 2. The predicted octanol–water partition coefficient (Wildman–Crippen LogP) is 2.48. The Morgan fingerprint density at radius 3 is 2.80 bits per heavy atom. The minimum atomic E-state index is -0.166. The number of hydrogen-bond acceptors (Lipinski definition) is 3. The molecule has 0 saturated carbocycles. The number of ether oxygens (including phenoxy) is 1. The molecule has 0 atom stereocenters. The summed E-state index contributed by atoms with van der Waals surface area (Å²) in [6, 6.07) is 7.42. The summed E-state index contributed by atoms with van der Waals surface area (Å²) in [5, 5.41) is 9.79. The molecule has 20 heavy (non-hydrogen) atoms. The number of carbonyl (C=O) groups is 1. The van der Waals surface area contributed by atoms with Crippen LogP contribution in [0.1, 0.15) is 17.0 Å². The molecule has 0 spiro atoms. The van der Waals surface area contributed by atoms with E-state index >= 15 is 0 Å². The number of halogens is 1. The zero-order valence-electron chi connectivity index (χ0n) is 11.4. The van der Waals surface area contributed by atoms with Crippen LogP contribution in [0.3, 0.4) is 0 Å². The summed E-state index contributed by atoms with van der Waals surface area (Å²) >= 11 is 3.37. The van der Waals surface area contributed by atoms with Gasteiger partial charge < -0.3 is 10.1 Å². The Hall–Kier alpha value is -1.82. The van der Waals surface area contributed by atoms with Gasteiger partial charge in [0, 0.05) is 17.8 Å². The lowest BCUT2D eigenvalue weighted by Crippen LogP contribution is -2.28. The Kier molecular flexibility index (Phi) is 4.79.